The summed E-state index contributed by atoms with van der Waals surface area (Å²) in [6.45, 7) is 6.53. The Bertz CT molecular complexity index is 866. The predicted molar refractivity (Wildman–Crippen MR) is 115 cm³/mol. The molecule has 32 heavy (non-hydrogen) atoms. The van der Waals surface area contributed by atoms with Gasteiger partial charge < -0.3 is 24.8 Å². The molecule has 4 heterocycles. The molecule has 5 aliphatic rings. The molecular formula is C23H32BNO7. The van der Waals surface area contributed by atoms with Crippen LogP contribution in [0.3, 0.4) is 0 Å². The molecule has 1 aliphatic carbocycles. The van der Waals surface area contributed by atoms with Crippen molar-refractivity contribution in [2.24, 2.45) is 23.7 Å². The average molecular weight is 445 g/mol. The van der Waals surface area contributed by atoms with Crippen molar-refractivity contribution in [1.82, 2.24) is 5.32 Å². The van der Waals surface area contributed by atoms with E-state index in [4.69, 9.17) is 19.2 Å². The van der Waals surface area contributed by atoms with E-state index in [9.17, 15) is 14.8 Å². The van der Waals surface area contributed by atoms with Gasteiger partial charge in [-0.1, -0.05) is 38.1 Å². The molecule has 0 unspecified atom stereocenters. The minimum absolute atomic E-state index is 0.0529. The average Bonchev–Trinajstić information content (AvgIpc) is 3.00. The Labute approximate surface area is 188 Å². The zero-order valence-corrected chi connectivity index (χ0v) is 18.8. The van der Waals surface area contributed by atoms with Crippen LogP contribution < -0.4 is 10.8 Å². The highest BCUT2D eigenvalue weighted by Crippen LogP contribution is 2.60. The van der Waals surface area contributed by atoms with Gasteiger partial charge in [0.05, 0.1) is 0 Å². The Kier molecular flexibility index (Phi) is 5.63. The zero-order chi connectivity index (χ0) is 22.7. The maximum atomic E-state index is 13.2. The Morgan fingerprint density at radius 1 is 1.12 bits per heavy atom. The molecule has 1 aromatic carbocycles. The summed E-state index contributed by atoms with van der Waals surface area (Å²) in [6.07, 6.45) is 2.44. The number of hydrogen-bond donors (Lipinski definition) is 3. The monoisotopic (exact) mass is 445 g/mol. The van der Waals surface area contributed by atoms with Crippen molar-refractivity contribution < 1.29 is 34.1 Å². The van der Waals surface area contributed by atoms with Crippen molar-refractivity contribution in [2.45, 2.75) is 76.8 Å². The van der Waals surface area contributed by atoms with Gasteiger partial charge in [0.25, 0.3) is 0 Å². The molecule has 5 fully saturated rings. The topological polar surface area (TPSA) is 106 Å². The quantitative estimate of drug-likeness (QED) is 0.473. The van der Waals surface area contributed by atoms with E-state index >= 15 is 0 Å². The van der Waals surface area contributed by atoms with Gasteiger partial charge in [-0.15, -0.1) is 0 Å². The molecule has 8 atom stereocenters. The molecule has 0 radical (unpaired) electrons. The minimum Gasteiger partial charge on any atom is -0.423 e. The molecular weight excluding hydrogens is 413 g/mol. The second-order valence-corrected chi connectivity index (χ2v) is 10.2. The maximum Gasteiger partial charge on any atom is 0.488 e. The number of carbonyl (C=O) groups excluding carboxylic acids is 1. The first-order valence-electron chi connectivity index (χ1n) is 11.7. The summed E-state index contributed by atoms with van der Waals surface area (Å²) in [5.74, 6) is -0.249. The van der Waals surface area contributed by atoms with Crippen LogP contribution in [0.5, 0.6) is 0 Å². The Balaban J connectivity index is 1.34. The normalized spacial score (nSPS) is 42.7. The molecule has 9 heteroatoms. The molecule has 3 N–H and O–H groups in total. The highest BCUT2D eigenvalue weighted by Gasteiger charge is 2.69. The van der Waals surface area contributed by atoms with Crippen molar-refractivity contribution >= 4 is 18.5 Å². The zero-order valence-electron chi connectivity index (χ0n) is 18.8. The minimum atomic E-state index is -1.51. The van der Waals surface area contributed by atoms with Gasteiger partial charge in [-0.25, -0.2) is 9.78 Å². The maximum absolute atomic E-state index is 13.2. The number of benzene rings is 1. The van der Waals surface area contributed by atoms with Crippen LogP contribution in [-0.4, -0.2) is 46.9 Å². The highest BCUT2D eigenvalue weighted by molar-refractivity contribution is 6.58. The molecule has 4 saturated heterocycles. The number of carbonyl (C=O) groups is 1. The number of amides is 1. The summed E-state index contributed by atoms with van der Waals surface area (Å²) in [5, 5.41) is 21.4. The second kappa shape index (κ2) is 8.08. The lowest BCUT2D eigenvalue weighted by Gasteiger charge is -2.60. The molecule has 8 nitrogen and oxygen atoms in total. The van der Waals surface area contributed by atoms with Crippen LogP contribution in [0.25, 0.3) is 0 Å². The van der Waals surface area contributed by atoms with Crippen LogP contribution in [0.15, 0.2) is 24.3 Å². The molecule has 6 rings (SSSR count). The summed E-state index contributed by atoms with van der Waals surface area (Å²) in [6, 6.07) is 6.80. The lowest BCUT2D eigenvalue weighted by molar-refractivity contribution is -0.569. The standard InChI is InChI=1S/C23H32BNO7/c1-13-4-9-18-14(2)19(20(26)25-12-15-5-7-16(8-6-15)24(27)28)29-21-23(18)17(13)10-11-22(3,30-21)31-32-23/h5-8,13-14,17-19,21,27-28H,4,9-12H2,1-3H3,(H,25,26)/t13-,14-,17+,18+,19-,21-,22-,23-/m1/s1. The summed E-state index contributed by atoms with van der Waals surface area (Å²) in [7, 11) is -1.51. The fourth-order valence-corrected chi connectivity index (χ4v) is 6.30. The van der Waals surface area contributed by atoms with Crippen LogP contribution in [0.2, 0.25) is 0 Å². The molecule has 1 aromatic rings. The third-order valence-corrected chi connectivity index (χ3v) is 8.16. The lowest BCUT2D eigenvalue weighted by Crippen LogP contribution is -2.71. The first kappa shape index (κ1) is 22.3. The van der Waals surface area contributed by atoms with Crippen molar-refractivity contribution in [1.29, 1.82) is 0 Å². The number of rotatable bonds is 4. The van der Waals surface area contributed by atoms with E-state index in [1.54, 1.807) is 24.3 Å². The molecule has 1 spiro atoms. The molecule has 4 aliphatic heterocycles. The van der Waals surface area contributed by atoms with E-state index in [0.717, 1.165) is 31.2 Å². The largest absolute Gasteiger partial charge is 0.488 e. The van der Waals surface area contributed by atoms with Crippen LogP contribution in [-0.2, 0) is 30.6 Å². The van der Waals surface area contributed by atoms with Gasteiger partial charge in [-0.05, 0) is 55.0 Å². The van der Waals surface area contributed by atoms with Crippen molar-refractivity contribution in [3.8, 4) is 0 Å². The van der Waals surface area contributed by atoms with Crippen molar-refractivity contribution in [2.75, 3.05) is 0 Å². The second-order valence-electron chi connectivity index (χ2n) is 10.2. The van der Waals surface area contributed by atoms with Gasteiger partial charge in [0.1, 0.15) is 6.10 Å². The van der Waals surface area contributed by atoms with Gasteiger partial charge in [0.15, 0.2) is 11.9 Å². The number of nitrogens with one attached hydrogen (secondary N) is 1. The fourth-order valence-electron chi connectivity index (χ4n) is 6.30. The first-order chi connectivity index (χ1) is 15.2. The van der Waals surface area contributed by atoms with Crippen molar-refractivity contribution in [3.05, 3.63) is 29.8 Å². The number of hydrogen-bond acceptors (Lipinski definition) is 7. The Morgan fingerprint density at radius 3 is 2.59 bits per heavy atom. The molecule has 2 bridgehead atoms. The molecule has 1 saturated carbocycles. The molecule has 0 aromatic heterocycles. The van der Waals surface area contributed by atoms with E-state index in [0.29, 0.717) is 17.9 Å². The third kappa shape index (κ3) is 3.50. The van der Waals surface area contributed by atoms with E-state index in [1.807, 2.05) is 6.92 Å². The SMILES string of the molecule is C[C@H]1[C@H](C(=O)NCc2ccc(B(O)O)cc2)O[C@@H]2O[C@@]3(C)CC[C@H]4[C@H](C)CC[C@@H]1[C@@]24OO3. The number of fused-ring (bicyclic) bond motifs is 2. The van der Waals surface area contributed by atoms with Gasteiger partial charge >= 0.3 is 7.12 Å². The fraction of sp³-hybridized carbons (Fsp3) is 0.696. The van der Waals surface area contributed by atoms with Gasteiger partial charge in [-0.2, -0.15) is 0 Å². The summed E-state index contributed by atoms with van der Waals surface area (Å²) < 4.78 is 12.7. The predicted octanol–water partition coefficient (Wildman–Crippen LogP) is 1.23. The van der Waals surface area contributed by atoms with E-state index in [-0.39, 0.29) is 23.7 Å². The summed E-state index contributed by atoms with van der Waals surface area (Å²) in [5.41, 5.74) is 0.598. The third-order valence-electron chi connectivity index (χ3n) is 8.16. The number of ether oxygens (including phenoxy) is 2. The van der Waals surface area contributed by atoms with Gasteiger partial charge in [0.2, 0.25) is 11.7 Å². The smallest absolute Gasteiger partial charge is 0.423 e. The van der Waals surface area contributed by atoms with Crippen LogP contribution >= 0.6 is 0 Å². The van der Waals surface area contributed by atoms with Crippen LogP contribution in [0.1, 0.15) is 52.0 Å². The van der Waals surface area contributed by atoms with Gasteiger partial charge in [-0.3, -0.25) is 4.79 Å². The first-order valence-corrected chi connectivity index (χ1v) is 11.7. The molecule has 1 amide bonds. The summed E-state index contributed by atoms with van der Waals surface area (Å²) in [4.78, 5) is 25.1. The highest BCUT2D eigenvalue weighted by atomic mass is 17.3. The molecule has 174 valence electrons. The van der Waals surface area contributed by atoms with Gasteiger partial charge in [0, 0.05) is 18.9 Å². The van der Waals surface area contributed by atoms with E-state index in [2.05, 4.69) is 19.2 Å². The van der Waals surface area contributed by atoms with E-state index in [1.165, 1.54) is 0 Å². The van der Waals surface area contributed by atoms with Crippen LogP contribution in [0, 0.1) is 23.7 Å². The summed E-state index contributed by atoms with van der Waals surface area (Å²) >= 11 is 0. The Hall–Kier alpha value is -1.49. The Morgan fingerprint density at radius 2 is 1.88 bits per heavy atom. The van der Waals surface area contributed by atoms with Crippen molar-refractivity contribution in [3.63, 3.8) is 0 Å². The van der Waals surface area contributed by atoms with E-state index < -0.39 is 30.9 Å². The van der Waals surface area contributed by atoms with Crippen LogP contribution in [0.4, 0.5) is 0 Å². The lowest BCUT2D eigenvalue weighted by atomic mass is 9.57.